The maximum absolute atomic E-state index is 11.0. The first kappa shape index (κ1) is 8.04. The van der Waals surface area contributed by atoms with Crippen molar-refractivity contribution in [2.75, 3.05) is 7.11 Å². The van der Waals surface area contributed by atoms with Gasteiger partial charge in [-0.15, -0.1) is 0 Å². The van der Waals surface area contributed by atoms with E-state index in [0.29, 0.717) is 5.90 Å². The number of ether oxygens (including phenoxy) is 2. The molecule has 0 bridgehead atoms. The van der Waals surface area contributed by atoms with Crippen molar-refractivity contribution in [3.05, 3.63) is 0 Å². The van der Waals surface area contributed by atoms with E-state index in [-0.39, 0.29) is 12.1 Å². The number of rotatable bonds is 1. The highest BCUT2D eigenvalue weighted by Gasteiger charge is 2.32. The highest BCUT2D eigenvalue weighted by molar-refractivity contribution is 5.84. The van der Waals surface area contributed by atoms with Crippen molar-refractivity contribution in [2.45, 2.75) is 26.0 Å². The highest BCUT2D eigenvalue weighted by atomic mass is 16.5. The Morgan fingerprint density at radius 1 is 1.73 bits per heavy atom. The van der Waals surface area contributed by atoms with Gasteiger partial charge in [0.25, 0.3) is 0 Å². The van der Waals surface area contributed by atoms with Gasteiger partial charge in [0.15, 0.2) is 11.9 Å². The molecule has 1 rings (SSSR count). The van der Waals surface area contributed by atoms with Crippen molar-refractivity contribution in [2.24, 2.45) is 4.99 Å². The van der Waals surface area contributed by atoms with Gasteiger partial charge in [-0.3, -0.25) is 0 Å². The van der Waals surface area contributed by atoms with Crippen LogP contribution in [0.2, 0.25) is 0 Å². The molecule has 11 heavy (non-hydrogen) atoms. The topological polar surface area (TPSA) is 47.9 Å². The molecule has 62 valence electrons. The van der Waals surface area contributed by atoms with Crippen molar-refractivity contribution in [1.82, 2.24) is 0 Å². The number of hydrogen-bond donors (Lipinski definition) is 0. The van der Waals surface area contributed by atoms with Crippen LogP contribution < -0.4 is 0 Å². The minimum absolute atomic E-state index is 0.192. The largest absolute Gasteiger partial charge is 0.475 e. The highest BCUT2D eigenvalue weighted by Crippen LogP contribution is 2.13. The van der Waals surface area contributed by atoms with Crippen LogP contribution in [0.3, 0.4) is 0 Å². The molecule has 0 fully saturated rings. The van der Waals surface area contributed by atoms with Gasteiger partial charge in [0.2, 0.25) is 0 Å². The molecule has 1 unspecified atom stereocenters. The molecule has 0 spiro atoms. The number of esters is 1. The summed E-state index contributed by atoms with van der Waals surface area (Å²) in [6.07, 6.45) is -0.192. The van der Waals surface area contributed by atoms with Gasteiger partial charge in [-0.1, -0.05) is 0 Å². The number of aliphatic imine (C=N–C) groups is 1. The van der Waals surface area contributed by atoms with E-state index in [1.807, 2.05) is 0 Å². The first-order valence-electron chi connectivity index (χ1n) is 3.44. The van der Waals surface area contributed by atoms with Gasteiger partial charge < -0.3 is 9.47 Å². The summed E-state index contributed by atoms with van der Waals surface area (Å²) in [5.74, 6) is 0.210. The molecule has 0 saturated heterocycles. The molecule has 0 N–H and O–H groups in total. The Hall–Kier alpha value is -1.06. The lowest BCUT2D eigenvalue weighted by atomic mass is 10.2. The molecule has 2 atom stereocenters. The van der Waals surface area contributed by atoms with Gasteiger partial charge in [0, 0.05) is 6.92 Å². The average molecular weight is 157 g/mol. The number of nitrogens with zero attached hydrogens (tertiary/aromatic N) is 1. The maximum atomic E-state index is 11.0. The lowest BCUT2D eigenvalue weighted by Gasteiger charge is -2.09. The fourth-order valence-electron chi connectivity index (χ4n) is 1.03. The van der Waals surface area contributed by atoms with Crippen LogP contribution in [0.15, 0.2) is 4.99 Å². The van der Waals surface area contributed by atoms with Crippen LogP contribution >= 0.6 is 0 Å². The van der Waals surface area contributed by atoms with Crippen molar-refractivity contribution >= 4 is 11.9 Å². The zero-order valence-corrected chi connectivity index (χ0v) is 6.83. The SMILES string of the molecule is COC(=O)C1N=C(C)O[C@H]1C. The van der Waals surface area contributed by atoms with Crippen LogP contribution in [0.25, 0.3) is 0 Å². The molecule has 1 aliphatic heterocycles. The molecule has 1 heterocycles. The van der Waals surface area contributed by atoms with E-state index < -0.39 is 6.04 Å². The fourth-order valence-corrected chi connectivity index (χ4v) is 1.03. The van der Waals surface area contributed by atoms with Crippen LogP contribution in [0.4, 0.5) is 0 Å². The lowest BCUT2D eigenvalue weighted by molar-refractivity contribution is -0.143. The van der Waals surface area contributed by atoms with E-state index in [4.69, 9.17) is 4.74 Å². The molecule has 4 nitrogen and oxygen atoms in total. The quantitative estimate of drug-likeness (QED) is 0.516. The summed E-state index contributed by atoms with van der Waals surface area (Å²) in [5, 5.41) is 0. The van der Waals surface area contributed by atoms with Crippen molar-refractivity contribution < 1.29 is 14.3 Å². The third-order valence-corrected chi connectivity index (χ3v) is 1.56. The normalized spacial score (nSPS) is 29.2. The Morgan fingerprint density at radius 3 is 2.73 bits per heavy atom. The van der Waals surface area contributed by atoms with Crippen molar-refractivity contribution in [3.8, 4) is 0 Å². The Kier molecular flexibility index (Phi) is 2.12. The lowest BCUT2D eigenvalue weighted by Crippen LogP contribution is -2.28. The molecular formula is C7H11NO3. The molecular weight excluding hydrogens is 146 g/mol. The van der Waals surface area contributed by atoms with Crippen LogP contribution in [0.1, 0.15) is 13.8 Å². The Balaban J connectivity index is 2.65. The summed E-state index contributed by atoms with van der Waals surface area (Å²) < 4.78 is 9.67. The number of carbonyl (C=O) groups excluding carboxylic acids is 1. The predicted octanol–water partition coefficient (Wildman–Crippen LogP) is 0.365. The summed E-state index contributed by atoms with van der Waals surface area (Å²) in [7, 11) is 1.35. The predicted molar refractivity (Wildman–Crippen MR) is 39.5 cm³/mol. The van der Waals surface area contributed by atoms with Gasteiger partial charge in [-0.25, -0.2) is 9.79 Å². The third-order valence-electron chi connectivity index (χ3n) is 1.56. The Labute approximate surface area is 65.2 Å². The molecule has 0 radical (unpaired) electrons. The molecule has 0 aromatic rings. The van der Waals surface area contributed by atoms with Gasteiger partial charge in [0.05, 0.1) is 7.11 Å². The maximum Gasteiger partial charge on any atom is 0.334 e. The molecule has 0 saturated carbocycles. The first-order valence-corrected chi connectivity index (χ1v) is 3.44. The van der Waals surface area contributed by atoms with Gasteiger partial charge >= 0.3 is 5.97 Å². The molecule has 0 aromatic heterocycles. The molecule has 0 aromatic carbocycles. The van der Waals surface area contributed by atoms with Gasteiger partial charge in [-0.2, -0.15) is 0 Å². The number of hydrogen-bond acceptors (Lipinski definition) is 4. The summed E-state index contributed by atoms with van der Waals surface area (Å²) >= 11 is 0. The van der Waals surface area contributed by atoms with Crippen LogP contribution in [-0.2, 0) is 14.3 Å². The number of carbonyl (C=O) groups is 1. The van der Waals surface area contributed by atoms with Crippen molar-refractivity contribution in [1.29, 1.82) is 0 Å². The smallest absolute Gasteiger partial charge is 0.334 e. The van der Waals surface area contributed by atoms with Crippen LogP contribution in [-0.4, -0.2) is 31.1 Å². The molecule has 0 amide bonds. The number of methoxy groups -OCH3 is 1. The Morgan fingerprint density at radius 2 is 2.36 bits per heavy atom. The zero-order valence-electron chi connectivity index (χ0n) is 6.83. The second-order valence-corrected chi connectivity index (χ2v) is 2.44. The van der Waals surface area contributed by atoms with E-state index in [1.165, 1.54) is 7.11 Å². The van der Waals surface area contributed by atoms with E-state index in [1.54, 1.807) is 13.8 Å². The summed E-state index contributed by atoms with van der Waals surface area (Å²) in [6.45, 7) is 3.51. The van der Waals surface area contributed by atoms with Gasteiger partial charge in [-0.05, 0) is 6.92 Å². The molecule has 0 aliphatic carbocycles. The van der Waals surface area contributed by atoms with E-state index in [0.717, 1.165) is 0 Å². The second-order valence-electron chi connectivity index (χ2n) is 2.44. The van der Waals surface area contributed by atoms with Crippen molar-refractivity contribution in [3.63, 3.8) is 0 Å². The van der Waals surface area contributed by atoms with E-state index >= 15 is 0 Å². The Bertz CT molecular complexity index is 200. The summed E-state index contributed by atoms with van der Waals surface area (Å²) in [5.41, 5.74) is 0. The summed E-state index contributed by atoms with van der Waals surface area (Å²) in [6, 6.07) is -0.472. The molecule has 1 aliphatic rings. The fraction of sp³-hybridized carbons (Fsp3) is 0.714. The van der Waals surface area contributed by atoms with Gasteiger partial charge in [0.1, 0.15) is 6.10 Å². The average Bonchev–Trinajstić information content (AvgIpc) is 2.28. The minimum atomic E-state index is -0.472. The minimum Gasteiger partial charge on any atom is -0.475 e. The third kappa shape index (κ3) is 1.50. The monoisotopic (exact) mass is 157 g/mol. The zero-order chi connectivity index (χ0) is 8.43. The van der Waals surface area contributed by atoms with E-state index in [2.05, 4.69) is 9.73 Å². The van der Waals surface area contributed by atoms with Crippen LogP contribution in [0.5, 0.6) is 0 Å². The first-order chi connectivity index (χ1) is 5.15. The second kappa shape index (κ2) is 2.90. The standard InChI is InChI=1S/C7H11NO3/c1-4-6(7(9)10-3)8-5(2)11-4/h4,6H,1-3H3/t4-,6?/m0/s1. The summed E-state index contributed by atoms with van der Waals surface area (Å²) in [4.78, 5) is 14.9. The van der Waals surface area contributed by atoms with Crippen LogP contribution in [0, 0.1) is 0 Å². The van der Waals surface area contributed by atoms with E-state index in [9.17, 15) is 4.79 Å². The molecule has 4 heteroatoms.